The van der Waals surface area contributed by atoms with Gasteiger partial charge < -0.3 is 15.1 Å². The van der Waals surface area contributed by atoms with Gasteiger partial charge in [-0.2, -0.15) is 0 Å². The Hall–Kier alpha value is -3.87. The summed E-state index contributed by atoms with van der Waals surface area (Å²) in [7, 11) is 0. The third-order valence-electron chi connectivity index (χ3n) is 7.40. The molecule has 8 heteroatoms. The van der Waals surface area contributed by atoms with Crippen LogP contribution in [0.15, 0.2) is 84.9 Å². The maximum Gasteiger partial charge on any atom is 0.258 e. The van der Waals surface area contributed by atoms with Gasteiger partial charge in [-0.25, -0.2) is 0 Å². The maximum absolute atomic E-state index is 13.9. The van der Waals surface area contributed by atoms with E-state index in [-0.39, 0.29) is 30.7 Å². The molecular weight excluding hydrogens is 557 g/mol. The summed E-state index contributed by atoms with van der Waals surface area (Å²) in [6.45, 7) is 2.83. The highest BCUT2D eigenvalue weighted by Crippen LogP contribution is 2.37. The summed E-state index contributed by atoms with van der Waals surface area (Å²) in [5.41, 5.74) is 3.19. The van der Waals surface area contributed by atoms with Crippen molar-refractivity contribution in [2.45, 2.75) is 38.8 Å². The molecule has 1 atom stereocenters. The molecule has 1 aliphatic heterocycles. The van der Waals surface area contributed by atoms with E-state index < -0.39 is 6.04 Å². The van der Waals surface area contributed by atoms with Gasteiger partial charge in [0.15, 0.2) is 0 Å². The Kier molecular flexibility index (Phi) is 8.91. The molecule has 0 bridgehead atoms. The Balaban J connectivity index is 1.38. The molecule has 0 radical (unpaired) electrons. The van der Waals surface area contributed by atoms with Crippen molar-refractivity contribution in [1.29, 1.82) is 0 Å². The predicted molar refractivity (Wildman–Crippen MR) is 164 cm³/mol. The first kappa shape index (κ1) is 28.7. The molecule has 0 saturated carbocycles. The van der Waals surface area contributed by atoms with E-state index in [2.05, 4.69) is 5.32 Å². The van der Waals surface area contributed by atoms with Crippen molar-refractivity contribution in [2.24, 2.45) is 0 Å². The van der Waals surface area contributed by atoms with E-state index in [9.17, 15) is 14.4 Å². The van der Waals surface area contributed by atoms with E-state index in [1.807, 2.05) is 73.7 Å². The second kappa shape index (κ2) is 12.8. The molecule has 0 spiro atoms. The number of carbonyl (C=O) groups is 3. The van der Waals surface area contributed by atoms with Crippen LogP contribution in [0.25, 0.3) is 10.8 Å². The normalized spacial score (nSPS) is 13.0. The lowest BCUT2D eigenvalue weighted by atomic mass is 10.0. The zero-order chi connectivity index (χ0) is 28.9. The van der Waals surface area contributed by atoms with E-state index in [1.165, 1.54) is 0 Å². The van der Waals surface area contributed by atoms with Crippen LogP contribution in [0.5, 0.6) is 0 Å². The summed E-state index contributed by atoms with van der Waals surface area (Å²) in [5, 5.41) is 5.79. The standard InChI is InChI=1S/C33H31Cl2N3O3/c1-2-36-32(40)29(19-22-9-4-3-5-10-22)38(21-24-16-17-25(34)20-27(24)35)30(39)15-8-18-37-28-14-7-12-23-11-6-13-26(31(23)28)33(37)41/h3-7,9-14,16-17,20,29H,2,8,15,18-19,21H2,1H3,(H,36,40)/t29-/m1/s1. The van der Waals surface area contributed by atoms with Gasteiger partial charge in [-0.3, -0.25) is 14.4 Å². The lowest BCUT2D eigenvalue weighted by Gasteiger charge is -2.32. The summed E-state index contributed by atoms with van der Waals surface area (Å²) in [4.78, 5) is 43.8. The van der Waals surface area contributed by atoms with E-state index >= 15 is 0 Å². The first-order valence-corrected chi connectivity index (χ1v) is 14.5. The quantitative estimate of drug-likeness (QED) is 0.213. The number of anilines is 1. The predicted octanol–water partition coefficient (Wildman–Crippen LogP) is 6.66. The fourth-order valence-electron chi connectivity index (χ4n) is 5.41. The van der Waals surface area contributed by atoms with Gasteiger partial charge in [0.25, 0.3) is 5.91 Å². The summed E-state index contributed by atoms with van der Waals surface area (Å²) in [6, 6.07) is 25.6. The summed E-state index contributed by atoms with van der Waals surface area (Å²) >= 11 is 12.6. The number of rotatable bonds is 11. The van der Waals surface area contributed by atoms with Gasteiger partial charge in [0.1, 0.15) is 6.04 Å². The number of nitrogens with one attached hydrogen (secondary N) is 1. The topological polar surface area (TPSA) is 69.7 Å². The summed E-state index contributed by atoms with van der Waals surface area (Å²) in [5.74, 6) is -0.476. The molecule has 1 heterocycles. The van der Waals surface area contributed by atoms with Crippen molar-refractivity contribution in [2.75, 3.05) is 18.0 Å². The number of hydrogen-bond acceptors (Lipinski definition) is 3. The molecule has 210 valence electrons. The van der Waals surface area contributed by atoms with Crippen LogP contribution in [0.4, 0.5) is 5.69 Å². The highest BCUT2D eigenvalue weighted by molar-refractivity contribution is 6.35. The van der Waals surface area contributed by atoms with Crippen LogP contribution in [0.1, 0.15) is 41.3 Å². The molecule has 4 aromatic rings. The van der Waals surface area contributed by atoms with Gasteiger partial charge in [-0.05, 0) is 54.1 Å². The zero-order valence-corrected chi connectivity index (χ0v) is 24.3. The van der Waals surface area contributed by atoms with Crippen LogP contribution >= 0.6 is 23.2 Å². The lowest BCUT2D eigenvalue weighted by molar-refractivity contribution is -0.141. The maximum atomic E-state index is 13.9. The van der Waals surface area contributed by atoms with Crippen LogP contribution in [-0.2, 0) is 22.6 Å². The van der Waals surface area contributed by atoms with Crippen molar-refractivity contribution in [3.05, 3.63) is 112 Å². The lowest BCUT2D eigenvalue weighted by Crippen LogP contribution is -2.50. The van der Waals surface area contributed by atoms with Crippen LogP contribution in [0.2, 0.25) is 10.0 Å². The van der Waals surface area contributed by atoms with Gasteiger partial charge in [0, 0.05) is 53.5 Å². The highest BCUT2D eigenvalue weighted by atomic mass is 35.5. The van der Waals surface area contributed by atoms with E-state index in [0.717, 1.165) is 22.0 Å². The zero-order valence-electron chi connectivity index (χ0n) is 22.8. The Morgan fingerprint density at radius 2 is 1.71 bits per heavy atom. The van der Waals surface area contributed by atoms with E-state index in [4.69, 9.17) is 23.2 Å². The molecule has 0 aromatic heterocycles. The number of hydrogen-bond donors (Lipinski definition) is 1. The van der Waals surface area contributed by atoms with Crippen LogP contribution in [0.3, 0.4) is 0 Å². The fraction of sp³-hybridized carbons (Fsp3) is 0.242. The Morgan fingerprint density at radius 1 is 0.951 bits per heavy atom. The number of halogens is 2. The second-order valence-electron chi connectivity index (χ2n) is 10.1. The average molecular weight is 589 g/mol. The Morgan fingerprint density at radius 3 is 2.44 bits per heavy atom. The minimum Gasteiger partial charge on any atom is -0.355 e. The van der Waals surface area contributed by atoms with Crippen LogP contribution in [0, 0.1) is 0 Å². The third-order valence-corrected chi connectivity index (χ3v) is 7.99. The molecule has 0 fully saturated rings. The summed E-state index contributed by atoms with van der Waals surface area (Å²) < 4.78 is 0. The van der Waals surface area contributed by atoms with E-state index in [0.29, 0.717) is 47.1 Å². The minimum absolute atomic E-state index is 0.0571. The molecule has 0 unspecified atom stereocenters. The third kappa shape index (κ3) is 6.24. The number of benzene rings is 4. The van der Waals surface area contributed by atoms with Crippen molar-refractivity contribution < 1.29 is 14.4 Å². The molecule has 6 nitrogen and oxygen atoms in total. The van der Waals surface area contributed by atoms with Crippen molar-refractivity contribution in [1.82, 2.24) is 10.2 Å². The SMILES string of the molecule is CCNC(=O)[C@@H](Cc1ccccc1)N(Cc1ccc(Cl)cc1Cl)C(=O)CCCN1C(=O)c2cccc3cccc1c23. The minimum atomic E-state index is -0.747. The van der Waals surface area contributed by atoms with Gasteiger partial charge in [-0.15, -0.1) is 0 Å². The van der Waals surface area contributed by atoms with Crippen molar-refractivity contribution in [3.63, 3.8) is 0 Å². The van der Waals surface area contributed by atoms with Crippen LogP contribution in [-0.4, -0.2) is 41.8 Å². The number of likely N-dealkylation sites (N-methyl/N-ethyl adjacent to an activating group) is 1. The van der Waals surface area contributed by atoms with Gasteiger partial charge in [0.2, 0.25) is 11.8 Å². The smallest absolute Gasteiger partial charge is 0.258 e. The Labute approximate surface area is 249 Å². The molecule has 41 heavy (non-hydrogen) atoms. The first-order valence-electron chi connectivity index (χ1n) is 13.8. The molecule has 1 N–H and O–H groups in total. The molecular formula is C33H31Cl2N3O3. The second-order valence-corrected chi connectivity index (χ2v) is 10.9. The van der Waals surface area contributed by atoms with Gasteiger partial charge in [-0.1, -0.05) is 83.9 Å². The number of nitrogens with zero attached hydrogens (tertiary/aromatic N) is 2. The fourth-order valence-corrected chi connectivity index (χ4v) is 5.88. The number of carbonyl (C=O) groups excluding carboxylic acids is 3. The molecule has 4 aromatic carbocycles. The molecule has 5 rings (SSSR count). The van der Waals surface area contributed by atoms with E-state index in [1.54, 1.807) is 28.0 Å². The monoisotopic (exact) mass is 587 g/mol. The molecule has 3 amide bonds. The molecule has 0 aliphatic carbocycles. The first-order chi connectivity index (χ1) is 19.9. The average Bonchev–Trinajstić information content (AvgIpc) is 3.24. The Bertz CT molecular complexity index is 1590. The van der Waals surface area contributed by atoms with Crippen molar-refractivity contribution in [3.8, 4) is 0 Å². The highest BCUT2D eigenvalue weighted by Gasteiger charge is 2.32. The molecule has 1 aliphatic rings. The van der Waals surface area contributed by atoms with Gasteiger partial charge >= 0.3 is 0 Å². The van der Waals surface area contributed by atoms with Gasteiger partial charge in [0.05, 0.1) is 5.69 Å². The van der Waals surface area contributed by atoms with Crippen molar-refractivity contribution >= 4 is 57.4 Å². The molecule has 0 saturated heterocycles. The largest absolute Gasteiger partial charge is 0.355 e. The van der Waals surface area contributed by atoms with Crippen LogP contribution < -0.4 is 10.2 Å². The summed E-state index contributed by atoms with van der Waals surface area (Å²) in [6.07, 6.45) is 0.949. The number of amides is 3.